The third-order valence-electron chi connectivity index (χ3n) is 4.11. The highest BCUT2D eigenvalue weighted by Crippen LogP contribution is 2.28. The number of ether oxygens (including phenoxy) is 1. The molecule has 5 nitrogen and oxygen atoms in total. The van der Waals surface area contributed by atoms with Crippen LogP contribution in [-0.4, -0.2) is 41.1 Å². The Bertz CT molecular complexity index is 603. The zero-order valence-electron chi connectivity index (χ0n) is 14.1. The molecule has 0 aromatic heterocycles. The molecule has 1 fully saturated rings. The minimum Gasteiger partial charge on any atom is -0.490 e. The summed E-state index contributed by atoms with van der Waals surface area (Å²) >= 11 is 3.41. The fourth-order valence-electron chi connectivity index (χ4n) is 3.01. The summed E-state index contributed by atoms with van der Waals surface area (Å²) in [7, 11) is 0. The number of amides is 1. The Balaban J connectivity index is 2.11. The maximum atomic E-state index is 12.9. The van der Waals surface area contributed by atoms with Gasteiger partial charge in [-0.3, -0.25) is 9.59 Å². The second-order valence-electron chi connectivity index (χ2n) is 6.50. The van der Waals surface area contributed by atoms with Crippen LogP contribution in [-0.2, 0) is 4.79 Å². The van der Waals surface area contributed by atoms with E-state index in [9.17, 15) is 9.59 Å². The minimum absolute atomic E-state index is 0.0180. The summed E-state index contributed by atoms with van der Waals surface area (Å²) in [5.74, 6) is 0.0119. The number of carbonyl (C=O) groups is 2. The van der Waals surface area contributed by atoms with Gasteiger partial charge in [0.2, 0.25) is 0 Å². The highest BCUT2D eigenvalue weighted by atomic mass is 79.9. The standard InChI is InChI=1S/C18H24BrNO4/c1-12(2)24-16-10-14(19)6-7-15(16)18(23)20-9-3-4-13(11-20)5-8-17(21)22/h6-7,10,12-13H,3-5,8-9,11H2,1-2H3,(H,21,22). The average molecular weight is 398 g/mol. The first kappa shape index (κ1) is 18.8. The van der Waals surface area contributed by atoms with Crippen LogP contribution in [0, 0.1) is 5.92 Å². The lowest BCUT2D eigenvalue weighted by Gasteiger charge is -2.33. The maximum Gasteiger partial charge on any atom is 0.303 e. The Morgan fingerprint density at radius 3 is 2.83 bits per heavy atom. The molecule has 1 aromatic rings. The molecular weight excluding hydrogens is 374 g/mol. The van der Waals surface area contributed by atoms with Crippen molar-refractivity contribution in [3.8, 4) is 5.75 Å². The Morgan fingerprint density at radius 1 is 1.42 bits per heavy atom. The van der Waals surface area contributed by atoms with E-state index in [4.69, 9.17) is 9.84 Å². The van der Waals surface area contributed by atoms with Crippen molar-refractivity contribution in [2.75, 3.05) is 13.1 Å². The van der Waals surface area contributed by atoms with Gasteiger partial charge >= 0.3 is 5.97 Å². The molecule has 0 aliphatic carbocycles. The number of piperidine rings is 1. The van der Waals surface area contributed by atoms with Gasteiger partial charge in [-0.15, -0.1) is 0 Å². The summed E-state index contributed by atoms with van der Waals surface area (Å²) in [5, 5.41) is 8.84. The largest absolute Gasteiger partial charge is 0.490 e. The molecule has 6 heteroatoms. The van der Waals surface area contributed by atoms with Gasteiger partial charge in [0.15, 0.2) is 0 Å². The lowest BCUT2D eigenvalue weighted by molar-refractivity contribution is -0.137. The number of hydrogen-bond donors (Lipinski definition) is 1. The van der Waals surface area contributed by atoms with Gasteiger partial charge in [0, 0.05) is 24.0 Å². The lowest BCUT2D eigenvalue weighted by Crippen LogP contribution is -2.40. The average Bonchev–Trinajstić information content (AvgIpc) is 2.52. The van der Waals surface area contributed by atoms with Crippen molar-refractivity contribution in [1.29, 1.82) is 0 Å². The molecule has 0 bridgehead atoms. The molecule has 1 amide bonds. The summed E-state index contributed by atoms with van der Waals surface area (Å²) in [4.78, 5) is 25.5. The van der Waals surface area contributed by atoms with E-state index in [-0.39, 0.29) is 24.3 Å². The SMILES string of the molecule is CC(C)Oc1cc(Br)ccc1C(=O)N1CCCC(CCC(=O)O)C1. The van der Waals surface area contributed by atoms with Gasteiger partial charge < -0.3 is 14.7 Å². The first-order chi connectivity index (χ1) is 11.4. The third kappa shape index (κ3) is 5.23. The van der Waals surface area contributed by atoms with Crippen LogP contribution in [0.4, 0.5) is 0 Å². The Labute approximate surface area is 151 Å². The van der Waals surface area contributed by atoms with E-state index in [1.165, 1.54) is 0 Å². The monoisotopic (exact) mass is 397 g/mol. The molecule has 1 N–H and O–H groups in total. The van der Waals surface area contributed by atoms with Crippen LogP contribution >= 0.6 is 15.9 Å². The number of likely N-dealkylation sites (tertiary alicyclic amines) is 1. The van der Waals surface area contributed by atoms with Gasteiger partial charge in [-0.05, 0) is 57.2 Å². The fraction of sp³-hybridized carbons (Fsp3) is 0.556. The van der Waals surface area contributed by atoms with Gasteiger partial charge in [0.25, 0.3) is 5.91 Å². The summed E-state index contributed by atoms with van der Waals surface area (Å²) in [5.41, 5.74) is 0.561. The molecule has 1 unspecified atom stereocenters. The minimum atomic E-state index is -0.779. The van der Waals surface area contributed by atoms with E-state index in [0.29, 0.717) is 30.8 Å². The molecule has 0 saturated carbocycles. The first-order valence-electron chi connectivity index (χ1n) is 8.34. The number of carbonyl (C=O) groups excluding carboxylic acids is 1. The normalized spacial score (nSPS) is 17.8. The third-order valence-corrected chi connectivity index (χ3v) is 4.60. The molecule has 1 atom stereocenters. The van der Waals surface area contributed by atoms with Crippen molar-refractivity contribution < 1.29 is 19.4 Å². The quantitative estimate of drug-likeness (QED) is 0.788. The molecule has 0 spiro atoms. The molecule has 1 heterocycles. The maximum absolute atomic E-state index is 12.9. The van der Waals surface area contributed by atoms with Gasteiger partial charge in [-0.1, -0.05) is 15.9 Å². The summed E-state index contributed by atoms with van der Waals surface area (Å²) in [6.07, 6.45) is 2.65. The van der Waals surface area contributed by atoms with Crippen molar-refractivity contribution in [3.05, 3.63) is 28.2 Å². The number of nitrogens with zero attached hydrogens (tertiary/aromatic N) is 1. The fourth-order valence-corrected chi connectivity index (χ4v) is 3.35. The number of benzene rings is 1. The number of halogens is 1. The van der Waals surface area contributed by atoms with Crippen molar-refractivity contribution in [1.82, 2.24) is 4.90 Å². The van der Waals surface area contributed by atoms with Crippen LogP contribution < -0.4 is 4.74 Å². The molecular formula is C18H24BrNO4. The van der Waals surface area contributed by atoms with Gasteiger partial charge in [0.05, 0.1) is 11.7 Å². The highest BCUT2D eigenvalue weighted by Gasteiger charge is 2.26. The molecule has 1 aliphatic heterocycles. The second kappa shape index (κ2) is 8.51. The van der Waals surface area contributed by atoms with Gasteiger partial charge in [-0.25, -0.2) is 0 Å². The molecule has 1 saturated heterocycles. The summed E-state index contributed by atoms with van der Waals surface area (Å²) in [6.45, 7) is 5.18. The molecule has 24 heavy (non-hydrogen) atoms. The van der Waals surface area contributed by atoms with Gasteiger partial charge in [-0.2, -0.15) is 0 Å². The van der Waals surface area contributed by atoms with E-state index >= 15 is 0 Å². The predicted octanol–water partition coefficient (Wildman–Crippen LogP) is 3.95. The summed E-state index contributed by atoms with van der Waals surface area (Å²) < 4.78 is 6.66. The van der Waals surface area contributed by atoms with Crippen molar-refractivity contribution in [3.63, 3.8) is 0 Å². The van der Waals surface area contributed by atoms with E-state index in [0.717, 1.165) is 17.3 Å². The highest BCUT2D eigenvalue weighted by molar-refractivity contribution is 9.10. The number of hydrogen-bond acceptors (Lipinski definition) is 3. The number of rotatable bonds is 6. The number of carboxylic acid groups (broad SMARTS) is 1. The van der Waals surface area contributed by atoms with Crippen molar-refractivity contribution >= 4 is 27.8 Å². The van der Waals surface area contributed by atoms with E-state index < -0.39 is 5.97 Å². The van der Waals surface area contributed by atoms with Crippen LogP contribution in [0.2, 0.25) is 0 Å². The van der Waals surface area contributed by atoms with Crippen LogP contribution in [0.3, 0.4) is 0 Å². The van der Waals surface area contributed by atoms with Crippen LogP contribution in [0.15, 0.2) is 22.7 Å². The van der Waals surface area contributed by atoms with Gasteiger partial charge in [0.1, 0.15) is 5.75 Å². The number of aliphatic carboxylic acids is 1. The zero-order valence-corrected chi connectivity index (χ0v) is 15.7. The lowest BCUT2D eigenvalue weighted by atomic mass is 9.93. The Kier molecular flexibility index (Phi) is 6.66. The second-order valence-corrected chi connectivity index (χ2v) is 7.41. The molecule has 1 aliphatic rings. The smallest absolute Gasteiger partial charge is 0.303 e. The van der Waals surface area contributed by atoms with Crippen LogP contribution in [0.25, 0.3) is 0 Å². The molecule has 132 valence electrons. The number of carboxylic acids is 1. The van der Waals surface area contributed by atoms with Crippen molar-refractivity contribution in [2.45, 2.75) is 45.6 Å². The zero-order chi connectivity index (χ0) is 17.7. The predicted molar refractivity (Wildman–Crippen MR) is 95.4 cm³/mol. The topological polar surface area (TPSA) is 66.8 Å². The molecule has 1 aromatic carbocycles. The first-order valence-corrected chi connectivity index (χ1v) is 9.13. The van der Waals surface area contributed by atoms with Crippen LogP contribution in [0.1, 0.15) is 49.9 Å². The Morgan fingerprint density at radius 2 is 2.17 bits per heavy atom. The van der Waals surface area contributed by atoms with E-state index in [2.05, 4.69) is 15.9 Å². The van der Waals surface area contributed by atoms with E-state index in [1.807, 2.05) is 30.9 Å². The Hall–Kier alpha value is -1.56. The van der Waals surface area contributed by atoms with Crippen molar-refractivity contribution in [2.24, 2.45) is 5.92 Å². The summed E-state index contributed by atoms with van der Waals surface area (Å²) in [6, 6.07) is 5.44. The van der Waals surface area contributed by atoms with E-state index in [1.54, 1.807) is 6.07 Å². The molecule has 0 radical (unpaired) electrons. The molecule has 2 rings (SSSR count). The van der Waals surface area contributed by atoms with Crippen LogP contribution in [0.5, 0.6) is 5.75 Å².